The van der Waals surface area contributed by atoms with E-state index in [4.69, 9.17) is 9.47 Å². The topological polar surface area (TPSA) is 151 Å². The highest BCUT2D eigenvalue weighted by atomic mass is 32.2. The lowest BCUT2D eigenvalue weighted by atomic mass is 10.2. The summed E-state index contributed by atoms with van der Waals surface area (Å²) in [5.41, 5.74) is 1.60. The molecule has 4 aromatic rings. The Morgan fingerprint density at radius 2 is 1.66 bits per heavy atom. The molecule has 0 spiro atoms. The molecule has 1 aromatic carbocycles. The Labute approximate surface area is 201 Å². The SMILES string of the molecule is COc1cccc(OC)c1-n1c(C(=O)NS(=O)(=O)Cc2ncccn2)nnc1-c1cc(C)ccn1. The fraction of sp³-hybridized carbons (Fsp3) is 0.182. The normalized spacial score (nSPS) is 11.2. The molecule has 1 amide bonds. The maximum Gasteiger partial charge on any atom is 0.303 e. The molecule has 1 N–H and O–H groups in total. The van der Waals surface area contributed by atoms with Crippen molar-refractivity contribution in [1.82, 2.24) is 34.4 Å². The third kappa shape index (κ3) is 5.09. The number of benzene rings is 1. The van der Waals surface area contributed by atoms with Crippen molar-refractivity contribution in [1.29, 1.82) is 0 Å². The number of amides is 1. The van der Waals surface area contributed by atoms with Crippen LogP contribution >= 0.6 is 0 Å². The van der Waals surface area contributed by atoms with Crippen molar-refractivity contribution in [3.05, 3.63) is 72.2 Å². The number of hydrogen-bond donors (Lipinski definition) is 1. The molecule has 4 rings (SSSR count). The Kier molecular flexibility index (Phi) is 6.68. The Morgan fingerprint density at radius 1 is 0.971 bits per heavy atom. The standard InChI is InChI=1S/C22H21N7O5S/c1-14-8-11-23-15(12-14)20-26-27-21(29(20)19-16(33-2)6-4-7-17(19)34-3)22(30)28-35(31,32)13-18-24-9-5-10-25-18/h4-12H,13H2,1-3H3,(H,28,30). The minimum Gasteiger partial charge on any atom is -0.494 e. The molecule has 13 heteroatoms. The van der Waals surface area contributed by atoms with Gasteiger partial charge >= 0.3 is 5.91 Å². The molecule has 0 fully saturated rings. The molecular weight excluding hydrogens is 474 g/mol. The maximum absolute atomic E-state index is 13.2. The molecule has 0 atom stereocenters. The van der Waals surface area contributed by atoms with E-state index in [1.807, 2.05) is 11.6 Å². The molecule has 3 heterocycles. The number of nitrogens with one attached hydrogen (secondary N) is 1. The highest BCUT2D eigenvalue weighted by molar-refractivity contribution is 7.89. The first kappa shape index (κ1) is 23.8. The van der Waals surface area contributed by atoms with Gasteiger partial charge in [0, 0.05) is 18.6 Å². The van der Waals surface area contributed by atoms with Crippen LogP contribution in [-0.4, -0.2) is 58.3 Å². The minimum atomic E-state index is -4.16. The average Bonchev–Trinajstić information content (AvgIpc) is 3.28. The predicted octanol–water partition coefficient (Wildman–Crippen LogP) is 1.70. The van der Waals surface area contributed by atoms with E-state index in [-0.39, 0.29) is 17.5 Å². The Hall–Kier alpha value is -4.39. The van der Waals surface area contributed by atoms with E-state index in [0.29, 0.717) is 22.9 Å². The molecule has 0 aliphatic heterocycles. The molecule has 3 aromatic heterocycles. The summed E-state index contributed by atoms with van der Waals surface area (Å²) in [7, 11) is -1.25. The summed E-state index contributed by atoms with van der Waals surface area (Å²) in [5.74, 6) is -1.03. The second-order valence-corrected chi connectivity index (χ2v) is 8.99. The number of para-hydroxylation sites is 1. The van der Waals surface area contributed by atoms with Crippen molar-refractivity contribution in [2.75, 3.05) is 14.2 Å². The molecule has 0 saturated heterocycles. The summed E-state index contributed by atoms with van der Waals surface area (Å²) in [6.45, 7) is 1.88. The molecule has 0 radical (unpaired) electrons. The first-order chi connectivity index (χ1) is 16.8. The lowest BCUT2D eigenvalue weighted by Crippen LogP contribution is -2.34. The van der Waals surface area contributed by atoms with E-state index in [0.717, 1.165) is 5.56 Å². The van der Waals surface area contributed by atoms with Crippen LogP contribution in [-0.2, 0) is 15.8 Å². The van der Waals surface area contributed by atoms with Crippen LogP contribution in [0.25, 0.3) is 17.2 Å². The molecule has 12 nitrogen and oxygen atoms in total. The molecule has 35 heavy (non-hydrogen) atoms. The van der Waals surface area contributed by atoms with E-state index in [1.165, 1.54) is 31.2 Å². The summed E-state index contributed by atoms with van der Waals surface area (Å²) >= 11 is 0. The van der Waals surface area contributed by atoms with Crippen LogP contribution in [0.15, 0.2) is 55.0 Å². The minimum absolute atomic E-state index is 0.0327. The number of aryl methyl sites for hydroxylation is 1. The van der Waals surface area contributed by atoms with E-state index in [9.17, 15) is 13.2 Å². The Bertz CT molecular complexity index is 1450. The van der Waals surface area contributed by atoms with Crippen LogP contribution in [0.4, 0.5) is 0 Å². The lowest BCUT2D eigenvalue weighted by molar-refractivity contribution is 0.0969. The second kappa shape index (κ2) is 9.85. The number of methoxy groups -OCH3 is 2. The zero-order chi connectivity index (χ0) is 25.0. The number of carbonyl (C=O) groups excluding carboxylic acids is 1. The predicted molar refractivity (Wildman–Crippen MR) is 125 cm³/mol. The number of carbonyl (C=O) groups is 1. The van der Waals surface area contributed by atoms with Crippen LogP contribution in [0, 0.1) is 6.92 Å². The van der Waals surface area contributed by atoms with Gasteiger partial charge in [-0.25, -0.2) is 23.1 Å². The van der Waals surface area contributed by atoms with Crippen LogP contribution in [0.3, 0.4) is 0 Å². The van der Waals surface area contributed by atoms with Crippen molar-refractivity contribution in [2.45, 2.75) is 12.7 Å². The van der Waals surface area contributed by atoms with Gasteiger partial charge in [-0.2, -0.15) is 0 Å². The number of aromatic nitrogens is 6. The lowest BCUT2D eigenvalue weighted by Gasteiger charge is -2.17. The summed E-state index contributed by atoms with van der Waals surface area (Å²) in [6, 6.07) is 10.2. The third-order valence-electron chi connectivity index (χ3n) is 4.82. The highest BCUT2D eigenvalue weighted by Crippen LogP contribution is 2.36. The third-order valence-corrected chi connectivity index (χ3v) is 5.96. The first-order valence-corrected chi connectivity index (χ1v) is 11.9. The highest BCUT2D eigenvalue weighted by Gasteiger charge is 2.29. The summed E-state index contributed by atoms with van der Waals surface area (Å²) in [6.07, 6.45) is 4.41. The summed E-state index contributed by atoms with van der Waals surface area (Å²) in [5, 5.41) is 8.14. The van der Waals surface area contributed by atoms with Gasteiger partial charge in [-0.1, -0.05) is 6.07 Å². The smallest absolute Gasteiger partial charge is 0.303 e. The van der Waals surface area contributed by atoms with Gasteiger partial charge in [-0.3, -0.25) is 14.3 Å². The zero-order valence-electron chi connectivity index (χ0n) is 19.0. The van der Waals surface area contributed by atoms with Crippen LogP contribution in [0.5, 0.6) is 11.5 Å². The Morgan fingerprint density at radius 3 is 2.29 bits per heavy atom. The number of sulfonamides is 1. The fourth-order valence-corrected chi connectivity index (χ4v) is 4.25. The molecule has 0 bridgehead atoms. The van der Waals surface area contributed by atoms with Crippen molar-refractivity contribution in [3.63, 3.8) is 0 Å². The fourth-order valence-electron chi connectivity index (χ4n) is 3.32. The van der Waals surface area contributed by atoms with E-state index < -0.39 is 21.7 Å². The Balaban J connectivity index is 1.84. The molecule has 180 valence electrons. The number of ether oxygens (including phenoxy) is 2. The average molecular weight is 496 g/mol. The quantitative estimate of drug-likeness (QED) is 0.382. The van der Waals surface area contributed by atoms with E-state index in [2.05, 4.69) is 25.1 Å². The monoisotopic (exact) mass is 495 g/mol. The number of hydrogen-bond acceptors (Lipinski definition) is 10. The molecule has 0 aliphatic carbocycles. The number of rotatable bonds is 8. The van der Waals surface area contributed by atoms with Crippen molar-refractivity contribution < 1.29 is 22.7 Å². The molecule has 0 aliphatic rings. The van der Waals surface area contributed by atoms with Crippen LogP contribution < -0.4 is 14.2 Å². The van der Waals surface area contributed by atoms with Gasteiger partial charge in [-0.15, -0.1) is 10.2 Å². The van der Waals surface area contributed by atoms with Gasteiger partial charge in [-0.05, 0) is 42.8 Å². The van der Waals surface area contributed by atoms with Crippen molar-refractivity contribution in [2.24, 2.45) is 0 Å². The van der Waals surface area contributed by atoms with Gasteiger partial charge in [0.2, 0.25) is 15.8 Å². The molecule has 0 unspecified atom stereocenters. The van der Waals surface area contributed by atoms with E-state index in [1.54, 1.807) is 42.6 Å². The first-order valence-electron chi connectivity index (χ1n) is 10.2. The molecule has 0 saturated carbocycles. The largest absolute Gasteiger partial charge is 0.494 e. The maximum atomic E-state index is 13.2. The van der Waals surface area contributed by atoms with Gasteiger partial charge in [0.05, 0.1) is 14.2 Å². The second-order valence-electron chi connectivity index (χ2n) is 7.27. The van der Waals surface area contributed by atoms with Crippen LogP contribution in [0.2, 0.25) is 0 Å². The van der Waals surface area contributed by atoms with Crippen LogP contribution in [0.1, 0.15) is 22.0 Å². The number of pyridine rings is 1. The van der Waals surface area contributed by atoms with Gasteiger partial charge in [0.25, 0.3) is 0 Å². The molecular formula is C22H21N7O5S. The van der Waals surface area contributed by atoms with E-state index >= 15 is 0 Å². The zero-order valence-corrected chi connectivity index (χ0v) is 19.9. The summed E-state index contributed by atoms with van der Waals surface area (Å²) in [4.78, 5) is 25.3. The number of nitrogens with zero attached hydrogens (tertiary/aromatic N) is 6. The van der Waals surface area contributed by atoms with Crippen molar-refractivity contribution >= 4 is 15.9 Å². The van der Waals surface area contributed by atoms with Gasteiger partial charge in [0.1, 0.15) is 34.5 Å². The summed E-state index contributed by atoms with van der Waals surface area (Å²) < 4.78 is 39.7. The van der Waals surface area contributed by atoms with Gasteiger partial charge < -0.3 is 9.47 Å². The van der Waals surface area contributed by atoms with Crippen molar-refractivity contribution in [3.8, 4) is 28.7 Å². The van der Waals surface area contributed by atoms with Gasteiger partial charge in [0.15, 0.2) is 5.82 Å².